The van der Waals surface area contributed by atoms with Crippen LogP contribution in [-0.2, 0) is 15.9 Å². The molecule has 3 aliphatic rings. The number of aliphatic hydroxyl groups excluding tert-OH is 1. The number of ketones is 2. The fourth-order valence-electron chi connectivity index (χ4n) is 5.50. The largest absolute Gasteiger partial charge is 0.507 e. The highest BCUT2D eigenvalue weighted by atomic mass is 16.7. The van der Waals surface area contributed by atoms with Gasteiger partial charge in [-0.1, -0.05) is 31.2 Å². The molecule has 9 heteroatoms. The highest BCUT2D eigenvalue weighted by Crippen LogP contribution is 2.52. The average molecular weight is 484 g/mol. The number of fused-ring (bicyclic) bond motifs is 3. The van der Waals surface area contributed by atoms with Crippen LogP contribution in [0.25, 0.3) is 0 Å². The van der Waals surface area contributed by atoms with Gasteiger partial charge in [-0.05, 0) is 13.3 Å². The SMILES string of the molecule is CCC1(O)Cc2c(O)c3c(c(O)c2C(O[C@H]2C[C@H](N)[C@@H](O)[C@H](C)O2)C1)C(=O)c1ccccc1C3=O. The van der Waals surface area contributed by atoms with Crippen LogP contribution < -0.4 is 5.73 Å². The molecule has 1 heterocycles. The first-order chi connectivity index (χ1) is 16.6. The second-order valence-electron chi connectivity index (χ2n) is 9.79. The Morgan fingerprint density at radius 3 is 2.29 bits per heavy atom. The van der Waals surface area contributed by atoms with Crippen molar-refractivity contribution >= 4 is 11.6 Å². The van der Waals surface area contributed by atoms with Crippen molar-refractivity contribution in [1.29, 1.82) is 0 Å². The zero-order valence-corrected chi connectivity index (χ0v) is 19.5. The number of aromatic hydroxyl groups is 2. The summed E-state index contributed by atoms with van der Waals surface area (Å²) in [5, 5.41) is 44.0. The van der Waals surface area contributed by atoms with E-state index in [1.165, 1.54) is 12.1 Å². The Balaban J connectivity index is 1.64. The molecule has 9 nitrogen and oxygen atoms in total. The van der Waals surface area contributed by atoms with Gasteiger partial charge in [0.1, 0.15) is 11.5 Å². The van der Waals surface area contributed by atoms with Crippen LogP contribution in [0, 0.1) is 0 Å². The first kappa shape index (κ1) is 23.9. The van der Waals surface area contributed by atoms with E-state index < -0.39 is 59.3 Å². The van der Waals surface area contributed by atoms with Crippen LogP contribution >= 0.6 is 0 Å². The van der Waals surface area contributed by atoms with Crippen LogP contribution in [0.1, 0.15) is 82.2 Å². The minimum absolute atomic E-state index is 0.0331. The molecule has 35 heavy (non-hydrogen) atoms. The molecule has 1 saturated heterocycles. The molecule has 5 rings (SSSR count). The minimum Gasteiger partial charge on any atom is -0.507 e. The number of ether oxygens (including phenoxy) is 2. The van der Waals surface area contributed by atoms with E-state index in [1.54, 1.807) is 26.0 Å². The minimum atomic E-state index is -1.29. The second-order valence-corrected chi connectivity index (χ2v) is 9.79. The summed E-state index contributed by atoms with van der Waals surface area (Å²) in [6.45, 7) is 3.45. The third kappa shape index (κ3) is 3.66. The molecule has 0 bridgehead atoms. The zero-order chi connectivity index (χ0) is 25.2. The molecule has 1 fully saturated rings. The van der Waals surface area contributed by atoms with Gasteiger partial charge in [0.25, 0.3) is 0 Å². The summed E-state index contributed by atoms with van der Waals surface area (Å²) in [5.41, 5.74) is 4.79. The van der Waals surface area contributed by atoms with Crippen molar-refractivity contribution in [1.82, 2.24) is 0 Å². The monoisotopic (exact) mass is 483 g/mol. The summed E-state index contributed by atoms with van der Waals surface area (Å²) in [7, 11) is 0. The number of hydrogen-bond acceptors (Lipinski definition) is 9. The van der Waals surface area contributed by atoms with Crippen LogP contribution in [0.15, 0.2) is 24.3 Å². The lowest BCUT2D eigenvalue weighted by atomic mass is 9.72. The van der Waals surface area contributed by atoms with Gasteiger partial charge in [0.2, 0.25) is 0 Å². The molecule has 186 valence electrons. The second kappa shape index (κ2) is 8.39. The molecule has 0 saturated carbocycles. The summed E-state index contributed by atoms with van der Waals surface area (Å²) in [5.74, 6) is -2.03. The van der Waals surface area contributed by atoms with Crippen molar-refractivity contribution in [2.75, 3.05) is 0 Å². The molecule has 2 unspecified atom stereocenters. The molecule has 0 amide bonds. The highest BCUT2D eigenvalue weighted by Gasteiger charge is 2.46. The number of carbonyl (C=O) groups excluding carboxylic acids is 2. The quantitative estimate of drug-likeness (QED) is 0.350. The number of benzene rings is 2. The Morgan fingerprint density at radius 2 is 1.71 bits per heavy atom. The fraction of sp³-hybridized carbons (Fsp3) is 0.462. The molecule has 0 aromatic heterocycles. The van der Waals surface area contributed by atoms with Crippen molar-refractivity contribution in [3.05, 3.63) is 57.6 Å². The van der Waals surface area contributed by atoms with Gasteiger partial charge in [0.15, 0.2) is 17.9 Å². The van der Waals surface area contributed by atoms with Gasteiger partial charge in [0.05, 0.1) is 35.0 Å². The maximum absolute atomic E-state index is 13.3. The van der Waals surface area contributed by atoms with Gasteiger partial charge in [-0.3, -0.25) is 9.59 Å². The van der Waals surface area contributed by atoms with E-state index in [1.807, 2.05) is 0 Å². The van der Waals surface area contributed by atoms with E-state index in [0.717, 1.165) is 0 Å². The highest BCUT2D eigenvalue weighted by molar-refractivity contribution is 6.30. The standard InChI is InChI=1S/C26H29NO8/c1-3-26(33)9-14-18(16(10-26)35-17-8-15(27)21(28)11(2)34-17)25(32)20-19(24(14)31)22(29)12-6-4-5-7-13(12)23(20)30/h4-7,11,15-17,21,28,31-33H,3,8-10,27H2,1-2H3/t11-,15-,16?,17-,21-,26?/m0/s1. The normalized spacial score (nSPS) is 32.1. The lowest BCUT2D eigenvalue weighted by Gasteiger charge is -2.42. The average Bonchev–Trinajstić information content (AvgIpc) is 2.83. The van der Waals surface area contributed by atoms with Crippen molar-refractivity contribution in [3.8, 4) is 11.5 Å². The molecule has 0 spiro atoms. The molecule has 2 aliphatic carbocycles. The third-order valence-electron chi connectivity index (χ3n) is 7.58. The molecule has 1 aliphatic heterocycles. The van der Waals surface area contributed by atoms with Gasteiger partial charge in [0, 0.05) is 47.6 Å². The first-order valence-corrected chi connectivity index (χ1v) is 11.8. The van der Waals surface area contributed by atoms with Gasteiger partial charge in [-0.15, -0.1) is 0 Å². The van der Waals surface area contributed by atoms with E-state index in [9.17, 15) is 30.0 Å². The summed E-state index contributed by atoms with van der Waals surface area (Å²) >= 11 is 0. The summed E-state index contributed by atoms with van der Waals surface area (Å²) in [4.78, 5) is 26.6. The lowest BCUT2D eigenvalue weighted by Crippen LogP contribution is -2.52. The van der Waals surface area contributed by atoms with E-state index in [0.29, 0.717) is 6.42 Å². The Hall–Kier alpha value is -2.82. The van der Waals surface area contributed by atoms with Crippen LogP contribution in [0.2, 0.25) is 0 Å². The van der Waals surface area contributed by atoms with Crippen molar-refractivity contribution in [2.45, 2.75) is 75.8 Å². The molecule has 2 aromatic carbocycles. The zero-order valence-electron chi connectivity index (χ0n) is 19.5. The fourth-order valence-corrected chi connectivity index (χ4v) is 5.50. The van der Waals surface area contributed by atoms with E-state index in [-0.39, 0.29) is 52.6 Å². The molecule has 6 N–H and O–H groups in total. The number of phenols is 2. The molecule has 6 atom stereocenters. The maximum atomic E-state index is 13.3. The molecule has 2 aromatic rings. The van der Waals surface area contributed by atoms with E-state index in [4.69, 9.17) is 15.2 Å². The van der Waals surface area contributed by atoms with Gasteiger partial charge >= 0.3 is 0 Å². The topological polar surface area (TPSA) is 160 Å². The predicted octanol–water partition coefficient (Wildman–Crippen LogP) is 1.84. The third-order valence-corrected chi connectivity index (χ3v) is 7.58. The Bertz CT molecular complexity index is 1210. The Labute approximate surface area is 202 Å². The number of aliphatic hydroxyl groups is 2. The van der Waals surface area contributed by atoms with Crippen molar-refractivity contribution in [2.24, 2.45) is 5.73 Å². The number of rotatable bonds is 3. The van der Waals surface area contributed by atoms with E-state index >= 15 is 0 Å². The van der Waals surface area contributed by atoms with E-state index in [2.05, 4.69) is 0 Å². The first-order valence-electron chi connectivity index (χ1n) is 11.8. The Morgan fingerprint density at radius 1 is 1.11 bits per heavy atom. The van der Waals surface area contributed by atoms with Crippen molar-refractivity contribution in [3.63, 3.8) is 0 Å². The summed E-state index contributed by atoms with van der Waals surface area (Å²) in [6.07, 6.45) is -2.76. The summed E-state index contributed by atoms with van der Waals surface area (Å²) in [6, 6.07) is 5.65. The number of hydrogen-bond donors (Lipinski definition) is 5. The smallest absolute Gasteiger partial charge is 0.198 e. The van der Waals surface area contributed by atoms with Crippen LogP contribution in [-0.4, -0.2) is 62.1 Å². The number of phenolic OH excluding ortho intramolecular Hbond substituents is 2. The van der Waals surface area contributed by atoms with Crippen LogP contribution in [0.4, 0.5) is 0 Å². The number of nitrogens with two attached hydrogens (primary N) is 1. The molecular formula is C26H29NO8. The van der Waals surface area contributed by atoms with Crippen molar-refractivity contribution < 1.29 is 39.5 Å². The van der Waals surface area contributed by atoms with Crippen LogP contribution in [0.3, 0.4) is 0 Å². The maximum Gasteiger partial charge on any atom is 0.198 e. The predicted molar refractivity (Wildman–Crippen MR) is 123 cm³/mol. The van der Waals surface area contributed by atoms with Gasteiger partial charge in [-0.2, -0.15) is 0 Å². The Kier molecular flexibility index (Phi) is 5.73. The molecular weight excluding hydrogens is 454 g/mol. The molecule has 0 radical (unpaired) electrons. The summed E-state index contributed by atoms with van der Waals surface area (Å²) < 4.78 is 11.9. The van der Waals surface area contributed by atoms with Crippen LogP contribution in [0.5, 0.6) is 11.5 Å². The number of carbonyl (C=O) groups is 2. The van der Waals surface area contributed by atoms with Gasteiger partial charge < -0.3 is 35.6 Å². The lowest BCUT2D eigenvalue weighted by molar-refractivity contribution is -0.247. The van der Waals surface area contributed by atoms with Gasteiger partial charge in [-0.25, -0.2) is 0 Å².